The maximum absolute atomic E-state index is 13.3. The monoisotopic (exact) mass is 418 g/mol. The maximum atomic E-state index is 13.3. The summed E-state index contributed by atoms with van der Waals surface area (Å²) in [6.45, 7) is 1.37. The molecule has 3 rings (SSSR count). The van der Waals surface area contributed by atoms with E-state index in [9.17, 15) is 18.0 Å². The van der Waals surface area contributed by atoms with Crippen LogP contribution in [0.5, 0.6) is 0 Å². The first-order valence-electron chi connectivity index (χ1n) is 9.18. The summed E-state index contributed by atoms with van der Waals surface area (Å²) < 4.78 is 39.9. The van der Waals surface area contributed by atoms with Crippen molar-refractivity contribution in [2.45, 2.75) is 38.4 Å². The third kappa shape index (κ3) is 3.72. The number of rotatable bonds is 4. The average Bonchev–Trinajstić information content (AvgIpc) is 2.67. The Balaban J connectivity index is 2.32. The van der Waals surface area contributed by atoms with Gasteiger partial charge in [0, 0.05) is 47.6 Å². The molecule has 0 aliphatic heterocycles. The number of pyridine rings is 1. The molecule has 1 aromatic heterocycles. The topological polar surface area (TPSA) is 142 Å². The molecule has 1 aromatic carbocycles. The molecule has 1 heterocycles. The van der Waals surface area contributed by atoms with Crippen molar-refractivity contribution in [2.24, 2.45) is 5.73 Å². The number of carbonyl (C=O) groups excluding carboxylic acids is 1. The van der Waals surface area contributed by atoms with Gasteiger partial charge in [-0.2, -0.15) is 13.2 Å². The first-order chi connectivity index (χ1) is 14.1. The minimum atomic E-state index is -4.90. The highest BCUT2D eigenvalue weighted by Gasteiger charge is 2.39. The zero-order valence-electron chi connectivity index (χ0n) is 16.2. The van der Waals surface area contributed by atoms with Gasteiger partial charge in [-0.3, -0.25) is 10.2 Å². The lowest BCUT2D eigenvalue weighted by Gasteiger charge is -2.29. The summed E-state index contributed by atoms with van der Waals surface area (Å²) >= 11 is 0. The number of hydrogen-bond donors (Lipinski definition) is 5. The van der Waals surface area contributed by atoms with Gasteiger partial charge in [-0.1, -0.05) is 0 Å². The molecule has 10 heteroatoms. The van der Waals surface area contributed by atoms with Gasteiger partial charge in [0.25, 0.3) is 0 Å². The normalized spacial score (nSPS) is 16.8. The van der Waals surface area contributed by atoms with E-state index in [-0.39, 0.29) is 24.1 Å². The van der Waals surface area contributed by atoms with Crippen molar-refractivity contribution < 1.29 is 18.0 Å². The molecule has 0 spiro atoms. The number of aromatic nitrogens is 1. The third-order valence-corrected chi connectivity index (χ3v) is 5.16. The highest BCUT2D eigenvalue weighted by Crippen LogP contribution is 2.37. The van der Waals surface area contributed by atoms with Gasteiger partial charge in [0.05, 0.1) is 11.2 Å². The zero-order chi connectivity index (χ0) is 22.2. The van der Waals surface area contributed by atoms with Crippen LogP contribution < -0.4 is 16.8 Å². The van der Waals surface area contributed by atoms with Gasteiger partial charge in [-0.25, -0.2) is 4.98 Å². The summed E-state index contributed by atoms with van der Waals surface area (Å²) in [7, 11) is 0. The number of nitrogen functional groups attached to an aromatic ring is 1. The second kappa shape index (κ2) is 7.77. The second-order valence-electron chi connectivity index (χ2n) is 7.12. The lowest BCUT2D eigenvalue weighted by Crippen LogP contribution is -2.38. The van der Waals surface area contributed by atoms with Crippen LogP contribution in [0.15, 0.2) is 18.3 Å². The van der Waals surface area contributed by atoms with Crippen LogP contribution in [0.3, 0.4) is 0 Å². The van der Waals surface area contributed by atoms with Crippen LogP contribution in [-0.2, 0) is 17.6 Å². The molecule has 7 N–H and O–H groups in total. The Morgan fingerprint density at radius 2 is 2.03 bits per heavy atom. The predicted molar refractivity (Wildman–Crippen MR) is 110 cm³/mol. The first kappa shape index (κ1) is 21.3. The van der Waals surface area contributed by atoms with Gasteiger partial charge in [-0.05, 0) is 42.5 Å². The van der Waals surface area contributed by atoms with Crippen LogP contribution in [0.4, 0.5) is 18.9 Å². The van der Waals surface area contributed by atoms with Crippen LogP contribution in [0.25, 0.3) is 16.5 Å². The largest absolute Gasteiger partial charge is 0.433 e. The molecule has 1 atom stereocenters. The molecule has 1 aliphatic carbocycles. The summed E-state index contributed by atoms with van der Waals surface area (Å²) in [6, 6.07) is 2.82. The van der Waals surface area contributed by atoms with E-state index >= 15 is 0 Å². The van der Waals surface area contributed by atoms with Crippen molar-refractivity contribution in [3.63, 3.8) is 0 Å². The standard InChI is InChI=1S/C20H21F3N6O/c1-9(30)28-10-2-3-11-12(6-10)18(14(8-25)19(27)20(21,22)23)29-16-5-4-15(26)13(7-24)17(11)16/h4-5,7-8,10,24,27H,2-3,6,25-26H2,1H3,(H,28,30)/b14-8-,24-7?,27-19?. The maximum Gasteiger partial charge on any atom is 0.433 e. The van der Waals surface area contributed by atoms with Crippen LogP contribution in [0.2, 0.25) is 0 Å². The minimum Gasteiger partial charge on any atom is -0.404 e. The number of fused-ring (bicyclic) bond motifs is 3. The van der Waals surface area contributed by atoms with Crippen molar-refractivity contribution in [2.75, 3.05) is 5.73 Å². The Hall–Kier alpha value is -3.43. The van der Waals surface area contributed by atoms with Crippen molar-refractivity contribution in [1.82, 2.24) is 10.3 Å². The number of halogens is 3. The lowest BCUT2D eigenvalue weighted by molar-refractivity contribution is -0.119. The average molecular weight is 418 g/mol. The van der Waals surface area contributed by atoms with Gasteiger partial charge in [0.1, 0.15) is 5.71 Å². The van der Waals surface area contributed by atoms with Crippen molar-refractivity contribution in [3.05, 3.63) is 40.7 Å². The molecule has 0 saturated carbocycles. The van der Waals surface area contributed by atoms with Crippen LogP contribution >= 0.6 is 0 Å². The summed E-state index contributed by atoms with van der Waals surface area (Å²) in [5.74, 6) is -0.249. The Morgan fingerprint density at radius 1 is 1.33 bits per heavy atom. The summed E-state index contributed by atoms with van der Waals surface area (Å²) in [6.07, 6.45) is -1.84. The molecule has 1 amide bonds. The Bertz CT molecular complexity index is 1090. The van der Waals surface area contributed by atoms with Crippen LogP contribution in [-0.4, -0.2) is 35.0 Å². The number of nitrogens with zero attached hydrogens (tertiary/aromatic N) is 1. The van der Waals surface area contributed by atoms with Gasteiger partial charge in [-0.15, -0.1) is 0 Å². The molecule has 1 aliphatic rings. The van der Waals surface area contributed by atoms with Gasteiger partial charge >= 0.3 is 6.18 Å². The SMILES string of the molecule is CC(=O)NC1CCc2c(c(/C(=C/N)C(=N)C(F)(F)F)nc3ccc(N)c(C=N)c23)C1. The number of carbonyl (C=O) groups is 1. The van der Waals surface area contributed by atoms with Crippen molar-refractivity contribution in [1.29, 1.82) is 10.8 Å². The number of allylic oxidation sites excluding steroid dienone is 1. The molecular weight excluding hydrogens is 397 g/mol. The number of aryl methyl sites for hydroxylation is 1. The fraction of sp³-hybridized carbons (Fsp3) is 0.300. The van der Waals surface area contributed by atoms with E-state index in [1.807, 2.05) is 0 Å². The molecule has 0 radical (unpaired) electrons. The number of nitrogens with one attached hydrogen (secondary N) is 3. The molecule has 1 unspecified atom stereocenters. The molecular formula is C20H21F3N6O. The quantitative estimate of drug-likeness (QED) is 0.384. The van der Waals surface area contributed by atoms with E-state index in [2.05, 4.69) is 10.3 Å². The first-order valence-corrected chi connectivity index (χ1v) is 9.18. The third-order valence-electron chi connectivity index (χ3n) is 5.16. The second-order valence-corrected chi connectivity index (χ2v) is 7.12. The van der Waals surface area contributed by atoms with Gasteiger partial charge in [0.15, 0.2) is 0 Å². The summed E-state index contributed by atoms with van der Waals surface area (Å²) in [5.41, 5.74) is 11.7. The molecule has 0 saturated heterocycles. The number of amides is 1. The molecule has 0 fully saturated rings. The zero-order valence-corrected chi connectivity index (χ0v) is 16.2. The molecule has 0 bridgehead atoms. The van der Waals surface area contributed by atoms with E-state index < -0.39 is 17.5 Å². The van der Waals surface area contributed by atoms with E-state index in [1.165, 1.54) is 13.0 Å². The number of anilines is 1. The summed E-state index contributed by atoms with van der Waals surface area (Å²) in [5, 5.41) is 18.7. The van der Waals surface area contributed by atoms with Crippen molar-refractivity contribution in [3.8, 4) is 0 Å². The summed E-state index contributed by atoms with van der Waals surface area (Å²) in [4.78, 5) is 15.9. The van der Waals surface area contributed by atoms with Crippen LogP contribution in [0, 0.1) is 10.8 Å². The molecule has 2 aromatic rings. The highest BCUT2D eigenvalue weighted by molar-refractivity contribution is 6.25. The fourth-order valence-electron chi connectivity index (χ4n) is 3.90. The van der Waals surface area contributed by atoms with Gasteiger partial charge < -0.3 is 22.2 Å². The Kier molecular flexibility index (Phi) is 5.51. The number of alkyl halides is 3. The molecule has 30 heavy (non-hydrogen) atoms. The fourth-order valence-corrected chi connectivity index (χ4v) is 3.90. The number of hydrogen-bond acceptors (Lipinski definition) is 6. The Labute approximate surface area is 170 Å². The Morgan fingerprint density at radius 3 is 2.60 bits per heavy atom. The van der Waals surface area contributed by atoms with E-state index in [1.54, 1.807) is 6.07 Å². The molecule has 158 valence electrons. The lowest BCUT2D eigenvalue weighted by atomic mass is 9.82. The smallest absolute Gasteiger partial charge is 0.404 e. The predicted octanol–water partition coefficient (Wildman–Crippen LogP) is 2.69. The van der Waals surface area contributed by atoms with Crippen LogP contribution in [0.1, 0.15) is 35.7 Å². The molecule has 7 nitrogen and oxygen atoms in total. The van der Waals surface area contributed by atoms with E-state index in [0.717, 1.165) is 12.4 Å². The van der Waals surface area contributed by atoms with E-state index in [4.69, 9.17) is 22.3 Å². The number of nitrogens with two attached hydrogens (primary N) is 2. The van der Waals surface area contributed by atoms with Gasteiger partial charge in [0.2, 0.25) is 5.91 Å². The van der Waals surface area contributed by atoms with Crippen molar-refractivity contribution >= 4 is 40.0 Å². The number of benzene rings is 1. The minimum absolute atomic E-state index is 0.0434. The van der Waals surface area contributed by atoms with E-state index in [0.29, 0.717) is 46.1 Å². The highest BCUT2D eigenvalue weighted by atomic mass is 19.4.